The Hall–Kier alpha value is -4.08. The van der Waals surface area contributed by atoms with Gasteiger partial charge in [-0.15, -0.1) is 0 Å². The van der Waals surface area contributed by atoms with Gasteiger partial charge in [0.1, 0.15) is 5.56 Å². The van der Waals surface area contributed by atoms with Crippen molar-refractivity contribution in [2.75, 3.05) is 5.01 Å². The Bertz CT molecular complexity index is 1660. The topological polar surface area (TPSA) is 79.8 Å². The number of carbonyl (C=O) groups is 1. The highest BCUT2D eigenvalue weighted by Gasteiger charge is 2.30. The zero-order chi connectivity index (χ0) is 25.4. The number of carbonyl (C=O) groups excluding carboxylic acids is 1. The molecule has 7 nitrogen and oxygen atoms in total. The number of amides is 1. The monoisotopic (exact) mass is 558 g/mol. The quantitative estimate of drug-likeness (QED) is 0.260. The second-order valence-corrected chi connectivity index (χ2v) is 9.28. The highest BCUT2D eigenvalue weighted by atomic mass is 79.9. The van der Waals surface area contributed by atoms with Crippen LogP contribution in [0.15, 0.2) is 105 Å². The first-order chi connectivity index (χ1) is 17.4. The Morgan fingerprint density at radius 3 is 1.97 bits per heavy atom. The standard InChI is InChI=1S/C27H19BrN4O3S/c1-17-22(26(35)32(29-17)21-14-12-18(28)13-15-21)16-23-24(33)30(19-8-4-2-5-9-19)27(36)31(25(23)34)20-10-6-3-7-11-20/h2-16,33H,1H3. The molecular formula is C27H19BrN4O3S. The third kappa shape index (κ3) is 4.12. The van der Waals surface area contributed by atoms with E-state index in [9.17, 15) is 14.7 Å². The number of halogens is 1. The molecule has 1 aliphatic rings. The first kappa shape index (κ1) is 23.7. The van der Waals surface area contributed by atoms with E-state index in [0.717, 1.165) is 4.47 Å². The van der Waals surface area contributed by atoms with E-state index in [1.807, 2.05) is 24.3 Å². The number of nitrogens with zero attached hydrogens (tertiary/aromatic N) is 4. The molecule has 178 valence electrons. The molecule has 4 aromatic rings. The number of aromatic hydroxyl groups is 1. The summed E-state index contributed by atoms with van der Waals surface area (Å²) >= 11 is 9.04. The molecule has 1 N–H and O–H groups in total. The summed E-state index contributed by atoms with van der Waals surface area (Å²) in [6.07, 6.45) is 1.38. The van der Waals surface area contributed by atoms with Crippen LogP contribution in [0.25, 0.3) is 17.5 Å². The molecule has 0 saturated heterocycles. The van der Waals surface area contributed by atoms with Gasteiger partial charge in [-0.25, -0.2) is 0 Å². The summed E-state index contributed by atoms with van der Waals surface area (Å²) in [7, 11) is 0. The normalized spacial score (nSPS) is 14.4. The molecule has 9 heteroatoms. The maximum atomic E-state index is 13.7. The molecule has 5 rings (SSSR count). The zero-order valence-electron chi connectivity index (χ0n) is 19.0. The predicted octanol–water partition coefficient (Wildman–Crippen LogP) is 5.63. The number of para-hydroxylation sites is 2. The average Bonchev–Trinajstić information content (AvgIpc) is 3.16. The van der Waals surface area contributed by atoms with Crippen molar-refractivity contribution in [2.24, 2.45) is 5.10 Å². The number of hydrogen-bond acceptors (Lipinski definition) is 5. The smallest absolute Gasteiger partial charge is 0.280 e. The van der Waals surface area contributed by atoms with Crippen molar-refractivity contribution in [3.8, 4) is 17.3 Å². The Balaban J connectivity index is 1.73. The van der Waals surface area contributed by atoms with E-state index in [4.69, 9.17) is 12.2 Å². The molecule has 0 unspecified atom stereocenters. The molecule has 0 aliphatic carbocycles. The van der Waals surface area contributed by atoms with Crippen LogP contribution < -0.4 is 10.6 Å². The van der Waals surface area contributed by atoms with E-state index in [1.165, 1.54) is 20.2 Å². The first-order valence-corrected chi connectivity index (χ1v) is 12.2. The van der Waals surface area contributed by atoms with Crippen LogP contribution in [0.3, 0.4) is 0 Å². The van der Waals surface area contributed by atoms with Crippen LogP contribution in [0.1, 0.15) is 12.5 Å². The molecule has 0 fully saturated rings. The summed E-state index contributed by atoms with van der Waals surface area (Å²) in [5.74, 6) is -0.771. The van der Waals surface area contributed by atoms with Crippen LogP contribution in [-0.4, -0.2) is 25.9 Å². The van der Waals surface area contributed by atoms with Gasteiger partial charge in [-0.05, 0) is 73.7 Å². The van der Waals surface area contributed by atoms with E-state index in [2.05, 4.69) is 21.0 Å². The van der Waals surface area contributed by atoms with Gasteiger partial charge >= 0.3 is 0 Å². The van der Waals surface area contributed by atoms with Crippen molar-refractivity contribution >= 4 is 51.5 Å². The number of benzene rings is 3. The van der Waals surface area contributed by atoms with Crippen LogP contribution in [0.4, 0.5) is 5.69 Å². The van der Waals surface area contributed by atoms with Crippen LogP contribution in [-0.2, 0) is 4.79 Å². The van der Waals surface area contributed by atoms with Crippen LogP contribution >= 0.6 is 28.1 Å². The van der Waals surface area contributed by atoms with Crippen molar-refractivity contribution < 1.29 is 9.90 Å². The molecule has 0 atom stereocenters. The summed E-state index contributed by atoms with van der Waals surface area (Å²) in [6.45, 7) is 1.68. The minimum atomic E-state index is -0.550. The van der Waals surface area contributed by atoms with Crippen molar-refractivity contribution in [3.63, 3.8) is 0 Å². The van der Waals surface area contributed by atoms with Gasteiger partial charge in [0, 0.05) is 4.47 Å². The number of aromatic nitrogens is 2. The predicted molar refractivity (Wildman–Crippen MR) is 147 cm³/mol. The molecule has 0 spiro atoms. The van der Waals surface area contributed by atoms with Gasteiger partial charge in [0.15, 0.2) is 4.77 Å². The van der Waals surface area contributed by atoms with Gasteiger partial charge in [-0.2, -0.15) is 10.1 Å². The van der Waals surface area contributed by atoms with Crippen molar-refractivity contribution in [2.45, 2.75) is 6.92 Å². The van der Waals surface area contributed by atoms with Crippen LogP contribution in [0.2, 0.25) is 0 Å². The molecule has 1 aliphatic heterocycles. The summed E-state index contributed by atoms with van der Waals surface area (Å²) in [6, 6.07) is 25.1. The van der Waals surface area contributed by atoms with E-state index in [1.54, 1.807) is 67.6 Å². The van der Waals surface area contributed by atoms with E-state index in [-0.39, 0.29) is 21.8 Å². The lowest BCUT2D eigenvalue weighted by molar-refractivity contribution is -0.114. The van der Waals surface area contributed by atoms with Gasteiger partial charge < -0.3 is 5.11 Å². The lowest BCUT2D eigenvalue weighted by atomic mass is 10.1. The SMILES string of the molecule is CC1=NN(c2ccc(Br)cc2)C(=O)C1=Cc1c(O)n(-c2ccccc2)c(=S)n(-c2ccccc2)c1=O. The molecule has 3 aromatic carbocycles. The lowest BCUT2D eigenvalue weighted by Gasteiger charge is -2.17. The molecule has 0 radical (unpaired) electrons. The van der Waals surface area contributed by atoms with Gasteiger partial charge in [-0.1, -0.05) is 52.3 Å². The van der Waals surface area contributed by atoms with E-state index < -0.39 is 11.5 Å². The fourth-order valence-electron chi connectivity index (χ4n) is 3.94. The third-order valence-electron chi connectivity index (χ3n) is 5.72. The lowest BCUT2D eigenvalue weighted by Crippen LogP contribution is -2.26. The minimum Gasteiger partial charge on any atom is -0.494 e. The van der Waals surface area contributed by atoms with Crippen molar-refractivity contribution in [1.29, 1.82) is 0 Å². The number of hydrogen-bond donors (Lipinski definition) is 1. The number of hydrazone groups is 1. The van der Waals surface area contributed by atoms with Gasteiger partial charge in [0.25, 0.3) is 11.5 Å². The Morgan fingerprint density at radius 2 is 1.39 bits per heavy atom. The Kier molecular flexibility index (Phi) is 6.26. The van der Waals surface area contributed by atoms with E-state index in [0.29, 0.717) is 22.8 Å². The molecule has 0 bridgehead atoms. The number of rotatable bonds is 4. The maximum Gasteiger partial charge on any atom is 0.280 e. The molecule has 0 saturated carbocycles. The third-order valence-corrected chi connectivity index (χ3v) is 6.61. The van der Waals surface area contributed by atoms with Crippen molar-refractivity contribution in [3.05, 3.63) is 116 Å². The zero-order valence-corrected chi connectivity index (χ0v) is 21.4. The van der Waals surface area contributed by atoms with Crippen LogP contribution in [0, 0.1) is 4.77 Å². The first-order valence-electron chi connectivity index (χ1n) is 11.0. The second-order valence-electron chi connectivity index (χ2n) is 8.00. The molecule has 1 aromatic heterocycles. The fourth-order valence-corrected chi connectivity index (χ4v) is 4.59. The highest BCUT2D eigenvalue weighted by Crippen LogP contribution is 2.29. The largest absolute Gasteiger partial charge is 0.494 e. The van der Waals surface area contributed by atoms with Gasteiger partial charge in [-0.3, -0.25) is 18.7 Å². The summed E-state index contributed by atoms with van der Waals surface area (Å²) in [5, 5.41) is 16.9. The molecule has 36 heavy (non-hydrogen) atoms. The van der Waals surface area contributed by atoms with Gasteiger partial charge in [0.05, 0.1) is 28.3 Å². The molecule has 1 amide bonds. The summed E-state index contributed by atoms with van der Waals surface area (Å²) in [5.41, 5.74) is 1.68. The maximum absolute atomic E-state index is 13.7. The molecular weight excluding hydrogens is 540 g/mol. The fraction of sp³-hybridized carbons (Fsp3) is 0.0370. The highest BCUT2D eigenvalue weighted by molar-refractivity contribution is 9.10. The molecule has 2 heterocycles. The van der Waals surface area contributed by atoms with Gasteiger partial charge in [0.2, 0.25) is 5.88 Å². The van der Waals surface area contributed by atoms with Crippen LogP contribution in [0.5, 0.6) is 5.88 Å². The van der Waals surface area contributed by atoms with E-state index >= 15 is 0 Å². The Labute approximate surface area is 220 Å². The second kappa shape index (κ2) is 9.52. The number of anilines is 1. The van der Waals surface area contributed by atoms with Crippen molar-refractivity contribution in [1.82, 2.24) is 9.13 Å². The average molecular weight is 559 g/mol. The minimum absolute atomic E-state index is 0.0770. The Morgan fingerprint density at radius 1 is 0.833 bits per heavy atom. The summed E-state index contributed by atoms with van der Waals surface area (Å²) < 4.78 is 3.72. The summed E-state index contributed by atoms with van der Waals surface area (Å²) in [4.78, 5) is 27.0.